The monoisotopic (exact) mass is 257 g/mol. The number of anilines is 1. The van der Waals surface area contributed by atoms with E-state index in [4.69, 9.17) is 5.26 Å². The van der Waals surface area contributed by atoms with Crippen molar-refractivity contribution in [3.05, 3.63) is 29.6 Å². The molecule has 19 heavy (non-hydrogen) atoms. The Bertz CT molecular complexity index is 592. The number of nitriles is 2. The van der Waals surface area contributed by atoms with Crippen LogP contribution in [-0.4, -0.2) is 5.91 Å². The Kier molecular flexibility index (Phi) is 3.48. The molecule has 1 fully saturated rings. The standard InChI is InChI=1S/C14H12FN3O/c15-11-3-4-12(10(7-11)8-16)18-13(19)14(9-17)5-1-2-6-14/h3-4,7H,1-2,5-6H2,(H,18,19). The van der Waals surface area contributed by atoms with Gasteiger partial charge < -0.3 is 5.32 Å². The van der Waals surface area contributed by atoms with E-state index in [1.807, 2.05) is 6.07 Å². The van der Waals surface area contributed by atoms with E-state index in [9.17, 15) is 14.4 Å². The highest BCUT2D eigenvalue weighted by molar-refractivity contribution is 5.98. The smallest absolute Gasteiger partial charge is 0.244 e. The highest BCUT2D eigenvalue weighted by atomic mass is 19.1. The van der Waals surface area contributed by atoms with Crippen molar-refractivity contribution in [1.82, 2.24) is 0 Å². The number of carbonyl (C=O) groups is 1. The summed E-state index contributed by atoms with van der Waals surface area (Å²) in [6, 6.07) is 7.47. The molecule has 96 valence electrons. The van der Waals surface area contributed by atoms with Crippen LogP contribution in [0.25, 0.3) is 0 Å². The van der Waals surface area contributed by atoms with E-state index in [0.29, 0.717) is 12.8 Å². The van der Waals surface area contributed by atoms with Gasteiger partial charge in [-0.05, 0) is 31.0 Å². The van der Waals surface area contributed by atoms with Crippen LogP contribution in [0.2, 0.25) is 0 Å². The fraction of sp³-hybridized carbons (Fsp3) is 0.357. The highest BCUT2D eigenvalue weighted by Gasteiger charge is 2.41. The van der Waals surface area contributed by atoms with Gasteiger partial charge >= 0.3 is 0 Å². The predicted octanol–water partition coefficient (Wildman–Crippen LogP) is 2.72. The molecule has 1 saturated carbocycles. The van der Waals surface area contributed by atoms with E-state index < -0.39 is 17.1 Å². The van der Waals surface area contributed by atoms with Crippen molar-refractivity contribution in [2.75, 3.05) is 5.32 Å². The van der Waals surface area contributed by atoms with E-state index in [1.165, 1.54) is 12.1 Å². The maximum Gasteiger partial charge on any atom is 0.244 e. The molecular weight excluding hydrogens is 245 g/mol. The molecule has 1 amide bonds. The van der Waals surface area contributed by atoms with Gasteiger partial charge in [0.15, 0.2) is 0 Å². The molecule has 1 aliphatic carbocycles. The van der Waals surface area contributed by atoms with Crippen LogP contribution in [0.3, 0.4) is 0 Å². The van der Waals surface area contributed by atoms with Crippen molar-refractivity contribution in [2.24, 2.45) is 5.41 Å². The van der Waals surface area contributed by atoms with Gasteiger partial charge in [0.05, 0.1) is 17.3 Å². The molecule has 0 saturated heterocycles. The largest absolute Gasteiger partial charge is 0.324 e. The molecule has 0 unspecified atom stereocenters. The third-order valence-electron chi connectivity index (χ3n) is 3.46. The Morgan fingerprint density at radius 3 is 2.58 bits per heavy atom. The van der Waals surface area contributed by atoms with Gasteiger partial charge in [0.25, 0.3) is 0 Å². The van der Waals surface area contributed by atoms with Crippen LogP contribution in [0.5, 0.6) is 0 Å². The first-order chi connectivity index (χ1) is 9.11. The molecule has 1 N–H and O–H groups in total. The molecule has 1 aliphatic rings. The van der Waals surface area contributed by atoms with E-state index in [0.717, 1.165) is 18.9 Å². The zero-order valence-corrected chi connectivity index (χ0v) is 10.2. The summed E-state index contributed by atoms with van der Waals surface area (Å²) in [6.45, 7) is 0. The first kappa shape index (κ1) is 13.0. The van der Waals surface area contributed by atoms with E-state index >= 15 is 0 Å². The summed E-state index contributed by atoms with van der Waals surface area (Å²) < 4.78 is 13.0. The van der Waals surface area contributed by atoms with Crippen LogP contribution in [0.1, 0.15) is 31.2 Å². The molecule has 0 aliphatic heterocycles. The van der Waals surface area contributed by atoms with Crippen LogP contribution < -0.4 is 5.32 Å². The molecule has 1 aromatic rings. The molecule has 4 nitrogen and oxygen atoms in total. The number of nitrogens with one attached hydrogen (secondary N) is 1. The molecule has 0 heterocycles. The lowest BCUT2D eigenvalue weighted by atomic mass is 9.87. The van der Waals surface area contributed by atoms with Gasteiger partial charge in [-0.1, -0.05) is 12.8 Å². The maximum absolute atomic E-state index is 13.0. The average Bonchev–Trinajstić information content (AvgIpc) is 2.90. The molecule has 0 bridgehead atoms. The van der Waals surface area contributed by atoms with Gasteiger partial charge in [-0.3, -0.25) is 4.79 Å². The quantitative estimate of drug-likeness (QED) is 0.884. The topological polar surface area (TPSA) is 76.7 Å². The Balaban J connectivity index is 2.25. The number of hydrogen-bond acceptors (Lipinski definition) is 3. The summed E-state index contributed by atoms with van der Waals surface area (Å²) in [6.07, 6.45) is 2.74. The average molecular weight is 257 g/mol. The summed E-state index contributed by atoms with van der Waals surface area (Å²) in [5.74, 6) is -0.944. The predicted molar refractivity (Wildman–Crippen MR) is 66.3 cm³/mol. The Morgan fingerprint density at radius 2 is 2.00 bits per heavy atom. The molecule has 2 rings (SSSR count). The number of benzene rings is 1. The van der Waals surface area contributed by atoms with Gasteiger partial charge in [0.2, 0.25) is 5.91 Å². The van der Waals surface area contributed by atoms with Crippen molar-refractivity contribution < 1.29 is 9.18 Å². The highest BCUT2D eigenvalue weighted by Crippen LogP contribution is 2.38. The van der Waals surface area contributed by atoms with Gasteiger partial charge in [0.1, 0.15) is 17.3 Å². The minimum Gasteiger partial charge on any atom is -0.324 e. The Hall–Kier alpha value is -2.40. The van der Waals surface area contributed by atoms with E-state index in [1.54, 1.807) is 0 Å². The molecule has 0 aromatic heterocycles. The van der Waals surface area contributed by atoms with Crippen molar-refractivity contribution in [3.8, 4) is 12.1 Å². The van der Waals surface area contributed by atoms with Crippen molar-refractivity contribution in [3.63, 3.8) is 0 Å². The second-order valence-corrected chi connectivity index (χ2v) is 4.66. The van der Waals surface area contributed by atoms with Gasteiger partial charge in [-0.15, -0.1) is 0 Å². The minimum atomic E-state index is -1.01. The lowest BCUT2D eigenvalue weighted by Crippen LogP contribution is -2.32. The zero-order valence-electron chi connectivity index (χ0n) is 10.2. The van der Waals surface area contributed by atoms with Crippen LogP contribution in [0.15, 0.2) is 18.2 Å². The summed E-state index contributed by atoms with van der Waals surface area (Å²) >= 11 is 0. The summed E-state index contributed by atoms with van der Waals surface area (Å²) in [5, 5.41) is 20.7. The third kappa shape index (κ3) is 2.41. The summed E-state index contributed by atoms with van der Waals surface area (Å²) in [5.41, 5.74) is -0.712. The summed E-state index contributed by atoms with van der Waals surface area (Å²) in [7, 11) is 0. The van der Waals surface area contributed by atoms with Crippen LogP contribution in [0, 0.1) is 33.9 Å². The van der Waals surface area contributed by atoms with Crippen LogP contribution in [-0.2, 0) is 4.79 Å². The molecule has 0 spiro atoms. The molecule has 1 aromatic carbocycles. The van der Waals surface area contributed by atoms with Crippen molar-refractivity contribution >= 4 is 11.6 Å². The first-order valence-electron chi connectivity index (χ1n) is 6.04. The van der Waals surface area contributed by atoms with E-state index in [-0.39, 0.29) is 11.3 Å². The number of rotatable bonds is 2. The lowest BCUT2D eigenvalue weighted by Gasteiger charge is -2.19. The first-order valence-corrected chi connectivity index (χ1v) is 6.04. The number of hydrogen-bond donors (Lipinski definition) is 1. The van der Waals surface area contributed by atoms with Gasteiger partial charge in [-0.2, -0.15) is 10.5 Å². The van der Waals surface area contributed by atoms with Gasteiger partial charge in [-0.25, -0.2) is 4.39 Å². The van der Waals surface area contributed by atoms with Crippen LogP contribution >= 0.6 is 0 Å². The number of carbonyl (C=O) groups excluding carboxylic acids is 1. The third-order valence-corrected chi connectivity index (χ3v) is 3.46. The molecular formula is C14H12FN3O. The lowest BCUT2D eigenvalue weighted by molar-refractivity contribution is -0.122. The molecule has 0 radical (unpaired) electrons. The SMILES string of the molecule is N#Cc1cc(F)ccc1NC(=O)C1(C#N)CCCC1. The fourth-order valence-electron chi connectivity index (χ4n) is 2.33. The molecule has 0 atom stereocenters. The fourth-order valence-corrected chi connectivity index (χ4v) is 2.33. The van der Waals surface area contributed by atoms with E-state index in [2.05, 4.69) is 11.4 Å². The zero-order chi connectivity index (χ0) is 13.9. The Morgan fingerprint density at radius 1 is 1.32 bits per heavy atom. The summed E-state index contributed by atoms with van der Waals surface area (Å²) in [4.78, 5) is 12.2. The number of amides is 1. The number of halogens is 1. The normalized spacial score (nSPS) is 16.4. The number of nitrogens with zero attached hydrogens (tertiary/aromatic N) is 2. The van der Waals surface area contributed by atoms with Crippen molar-refractivity contribution in [1.29, 1.82) is 10.5 Å². The Labute approximate surface area is 110 Å². The second kappa shape index (κ2) is 5.07. The second-order valence-electron chi connectivity index (χ2n) is 4.66. The minimum absolute atomic E-state index is 0.0550. The van der Waals surface area contributed by atoms with Crippen molar-refractivity contribution in [2.45, 2.75) is 25.7 Å². The molecule has 5 heteroatoms. The van der Waals surface area contributed by atoms with Crippen LogP contribution in [0.4, 0.5) is 10.1 Å². The van der Waals surface area contributed by atoms with Gasteiger partial charge in [0, 0.05) is 0 Å². The maximum atomic E-state index is 13.0.